The Morgan fingerprint density at radius 2 is 1.75 bits per heavy atom. The number of anilines is 2. The summed E-state index contributed by atoms with van der Waals surface area (Å²) in [4.78, 5) is 49.0. The van der Waals surface area contributed by atoms with Gasteiger partial charge in [0.05, 0.1) is 29.4 Å². The summed E-state index contributed by atoms with van der Waals surface area (Å²) in [6.45, 7) is 8.29. The van der Waals surface area contributed by atoms with Crippen LogP contribution in [0, 0.1) is 6.92 Å². The van der Waals surface area contributed by atoms with Crippen molar-refractivity contribution in [2.75, 3.05) is 43.5 Å². The van der Waals surface area contributed by atoms with Crippen LogP contribution in [-0.2, 0) is 11.3 Å². The number of aromatic nitrogens is 2. The summed E-state index contributed by atoms with van der Waals surface area (Å²) in [5.41, 5.74) is 3.14. The van der Waals surface area contributed by atoms with Gasteiger partial charge in [-0.25, -0.2) is 4.98 Å². The van der Waals surface area contributed by atoms with E-state index in [1.807, 2.05) is 53.4 Å². The van der Waals surface area contributed by atoms with Crippen molar-refractivity contribution in [3.8, 4) is 5.75 Å². The van der Waals surface area contributed by atoms with Gasteiger partial charge in [0.25, 0.3) is 11.5 Å². The first kappa shape index (κ1) is 27.4. The van der Waals surface area contributed by atoms with Crippen LogP contribution in [0.15, 0.2) is 59.7 Å². The summed E-state index contributed by atoms with van der Waals surface area (Å²) in [6.07, 6.45) is 1.38. The Hall–Kier alpha value is -4.18. The van der Waals surface area contributed by atoms with E-state index in [2.05, 4.69) is 29.0 Å². The number of nitrogens with one attached hydrogen (secondary N) is 1. The Balaban J connectivity index is 1.29. The molecule has 2 amide bonds. The topological polar surface area (TPSA) is 96.8 Å². The molecule has 3 heterocycles. The molecule has 1 aliphatic rings. The molecule has 1 saturated heterocycles. The maximum Gasteiger partial charge on any atom is 0.264 e. The third-order valence-corrected chi connectivity index (χ3v) is 8.47. The molecule has 1 aliphatic heterocycles. The molecule has 40 heavy (non-hydrogen) atoms. The van der Waals surface area contributed by atoms with E-state index >= 15 is 0 Å². The number of thiophene rings is 1. The van der Waals surface area contributed by atoms with Crippen LogP contribution in [0.4, 0.5) is 11.4 Å². The molecule has 0 saturated carbocycles. The zero-order chi connectivity index (χ0) is 28.4. The highest BCUT2D eigenvalue weighted by Crippen LogP contribution is 2.31. The molecule has 5 rings (SSSR count). The van der Waals surface area contributed by atoms with Crippen molar-refractivity contribution >= 4 is 44.7 Å². The smallest absolute Gasteiger partial charge is 0.264 e. The second kappa shape index (κ2) is 11.5. The maximum atomic E-state index is 13.5. The van der Waals surface area contributed by atoms with E-state index in [1.54, 1.807) is 14.0 Å². The van der Waals surface area contributed by atoms with Gasteiger partial charge in [-0.1, -0.05) is 38.1 Å². The molecule has 1 fully saturated rings. The third kappa shape index (κ3) is 5.44. The molecule has 0 aliphatic carbocycles. The monoisotopic (exact) mass is 559 g/mol. The van der Waals surface area contributed by atoms with Gasteiger partial charge in [-0.15, -0.1) is 11.3 Å². The lowest BCUT2D eigenvalue weighted by Crippen LogP contribution is -2.48. The Morgan fingerprint density at radius 3 is 2.42 bits per heavy atom. The Bertz CT molecular complexity index is 1600. The summed E-state index contributed by atoms with van der Waals surface area (Å²) >= 11 is 1.23. The highest BCUT2D eigenvalue weighted by molar-refractivity contribution is 7.20. The fourth-order valence-corrected chi connectivity index (χ4v) is 6.07. The van der Waals surface area contributed by atoms with Crippen LogP contribution in [0.3, 0.4) is 0 Å². The van der Waals surface area contributed by atoms with Crippen LogP contribution in [-0.4, -0.2) is 59.6 Å². The van der Waals surface area contributed by atoms with Crippen LogP contribution >= 0.6 is 11.3 Å². The molecule has 0 radical (unpaired) electrons. The number of para-hydroxylation sites is 2. The van der Waals surface area contributed by atoms with Gasteiger partial charge in [0.2, 0.25) is 5.91 Å². The summed E-state index contributed by atoms with van der Waals surface area (Å²) in [7, 11) is 1.66. The fraction of sp³-hybridized carbons (Fsp3) is 0.333. The molecule has 9 nitrogen and oxygen atoms in total. The number of fused-ring (bicyclic) bond motifs is 1. The van der Waals surface area contributed by atoms with Gasteiger partial charge in [0.1, 0.15) is 17.1 Å². The Kier molecular flexibility index (Phi) is 7.88. The number of nitrogens with zero attached hydrogens (tertiary/aromatic N) is 4. The summed E-state index contributed by atoms with van der Waals surface area (Å²) in [5.74, 6) is 0.781. The van der Waals surface area contributed by atoms with Crippen LogP contribution < -0.4 is 20.5 Å². The van der Waals surface area contributed by atoms with Crippen LogP contribution in [0.25, 0.3) is 10.2 Å². The van der Waals surface area contributed by atoms with Gasteiger partial charge in [0, 0.05) is 31.9 Å². The normalized spacial score (nSPS) is 13.6. The second-order valence-electron chi connectivity index (χ2n) is 10.2. The van der Waals surface area contributed by atoms with Crippen molar-refractivity contribution in [3.63, 3.8) is 0 Å². The number of benzene rings is 2. The number of hydrogen-bond donors (Lipinski definition) is 1. The first-order chi connectivity index (χ1) is 19.3. The lowest BCUT2D eigenvalue weighted by molar-refractivity contribution is -0.116. The second-order valence-corrected chi connectivity index (χ2v) is 11.2. The lowest BCUT2D eigenvalue weighted by Gasteiger charge is -2.36. The van der Waals surface area contributed by atoms with Crippen LogP contribution in [0.2, 0.25) is 0 Å². The van der Waals surface area contributed by atoms with E-state index in [9.17, 15) is 14.4 Å². The van der Waals surface area contributed by atoms with Crippen LogP contribution in [0.5, 0.6) is 5.75 Å². The summed E-state index contributed by atoms with van der Waals surface area (Å²) < 4.78 is 6.79. The zero-order valence-corrected chi connectivity index (χ0v) is 24.0. The van der Waals surface area contributed by atoms with Crippen LogP contribution in [0.1, 0.15) is 40.6 Å². The SMILES string of the molecule is COc1ccccc1N1CCN(C(=O)c2sc3ncn(CC(=O)Nc4ccc(C(C)C)cc4)c(=O)c3c2C)CC1. The summed E-state index contributed by atoms with van der Waals surface area (Å²) in [5, 5.41) is 3.23. The molecular formula is C30H33N5O4S. The van der Waals surface area contributed by atoms with Gasteiger partial charge in [-0.3, -0.25) is 19.0 Å². The Labute approximate surface area is 237 Å². The van der Waals surface area contributed by atoms with E-state index in [-0.39, 0.29) is 23.9 Å². The van der Waals surface area contributed by atoms with E-state index in [1.165, 1.54) is 27.8 Å². The standard InChI is InChI=1S/C30H33N5O4S/c1-19(2)21-9-11-22(12-10-21)32-25(36)17-35-18-31-28-26(29(35)37)20(3)27(40-28)30(38)34-15-13-33(14-16-34)23-7-5-6-8-24(23)39-4/h5-12,18-19H,13-17H2,1-4H3,(H,32,36). The minimum atomic E-state index is -0.330. The van der Waals surface area contributed by atoms with Crippen molar-refractivity contribution < 1.29 is 14.3 Å². The molecule has 208 valence electrons. The van der Waals surface area contributed by atoms with E-state index in [0.717, 1.165) is 11.4 Å². The van der Waals surface area contributed by atoms with E-state index < -0.39 is 0 Å². The number of carbonyl (C=O) groups is 2. The Morgan fingerprint density at radius 1 is 1.05 bits per heavy atom. The molecule has 10 heteroatoms. The predicted octanol–water partition coefficient (Wildman–Crippen LogP) is 4.50. The third-order valence-electron chi connectivity index (χ3n) is 7.28. The highest BCUT2D eigenvalue weighted by Gasteiger charge is 2.27. The number of hydrogen-bond acceptors (Lipinski definition) is 7. The number of piperazine rings is 1. The largest absolute Gasteiger partial charge is 0.495 e. The van der Waals surface area contributed by atoms with E-state index in [4.69, 9.17) is 4.74 Å². The van der Waals surface area contributed by atoms with Gasteiger partial charge < -0.3 is 19.9 Å². The highest BCUT2D eigenvalue weighted by atomic mass is 32.1. The average molecular weight is 560 g/mol. The predicted molar refractivity (Wildman–Crippen MR) is 159 cm³/mol. The molecule has 4 aromatic rings. The van der Waals surface area contributed by atoms with Gasteiger partial charge in [-0.2, -0.15) is 0 Å². The first-order valence-corrected chi connectivity index (χ1v) is 14.1. The van der Waals surface area contributed by atoms with Gasteiger partial charge >= 0.3 is 0 Å². The molecular weight excluding hydrogens is 526 g/mol. The number of aryl methyl sites for hydroxylation is 1. The number of rotatable bonds is 7. The van der Waals surface area contributed by atoms with Gasteiger partial charge in [0.15, 0.2) is 0 Å². The molecule has 2 aromatic heterocycles. The molecule has 0 spiro atoms. The number of carbonyl (C=O) groups excluding carboxylic acids is 2. The molecule has 0 bridgehead atoms. The molecule has 2 aromatic carbocycles. The fourth-order valence-electron chi connectivity index (χ4n) is 4.97. The first-order valence-electron chi connectivity index (χ1n) is 13.3. The molecule has 0 atom stereocenters. The van der Waals surface area contributed by atoms with Crippen molar-refractivity contribution in [1.82, 2.24) is 14.5 Å². The van der Waals surface area contributed by atoms with E-state index in [0.29, 0.717) is 58.4 Å². The van der Waals surface area contributed by atoms with Gasteiger partial charge in [-0.05, 0) is 48.2 Å². The molecule has 0 unspecified atom stereocenters. The average Bonchev–Trinajstić information content (AvgIpc) is 3.31. The molecule has 1 N–H and O–H groups in total. The quantitative estimate of drug-likeness (QED) is 0.358. The maximum absolute atomic E-state index is 13.5. The summed E-state index contributed by atoms with van der Waals surface area (Å²) in [6, 6.07) is 15.5. The number of amides is 2. The lowest BCUT2D eigenvalue weighted by atomic mass is 10.0. The minimum Gasteiger partial charge on any atom is -0.495 e. The van der Waals surface area contributed by atoms with Crippen molar-refractivity contribution in [3.05, 3.63) is 81.2 Å². The minimum absolute atomic E-state index is 0.103. The van der Waals surface area contributed by atoms with Crippen molar-refractivity contribution in [1.29, 1.82) is 0 Å². The zero-order valence-electron chi connectivity index (χ0n) is 23.1. The number of methoxy groups -OCH3 is 1. The van der Waals surface area contributed by atoms with Crippen molar-refractivity contribution in [2.45, 2.75) is 33.2 Å². The number of ether oxygens (including phenoxy) is 1. The van der Waals surface area contributed by atoms with Crippen molar-refractivity contribution in [2.24, 2.45) is 0 Å².